The lowest BCUT2D eigenvalue weighted by molar-refractivity contribution is -0.384. The number of nitro benzene ring substituents is 1. The molecule has 2 aromatic rings. The number of rotatable bonds is 4. The van der Waals surface area contributed by atoms with Crippen molar-refractivity contribution in [1.29, 1.82) is 0 Å². The first kappa shape index (κ1) is 14.0. The zero-order valence-electron chi connectivity index (χ0n) is 10.7. The number of hydrogen-bond acceptors (Lipinski definition) is 5. The third kappa shape index (κ3) is 2.77. The van der Waals surface area contributed by atoms with Crippen LogP contribution >= 0.6 is 0 Å². The summed E-state index contributed by atoms with van der Waals surface area (Å²) in [4.78, 5) is 16.5. The molecule has 1 heterocycles. The van der Waals surface area contributed by atoms with Gasteiger partial charge in [0, 0.05) is 12.1 Å². The standard InChI is InChI=1S/C11H12N4O4S/c1-7-3-4-9(15(16)17)5-10(7)14-20(18,19)11-6-12-8(2)13-11/h3-6,14H,1-2H3,(H,12,13). The minimum Gasteiger partial charge on any atom is -0.332 e. The molecule has 1 aromatic heterocycles. The van der Waals surface area contributed by atoms with Gasteiger partial charge in [-0.05, 0) is 19.4 Å². The van der Waals surface area contributed by atoms with Gasteiger partial charge in [-0.2, -0.15) is 8.42 Å². The van der Waals surface area contributed by atoms with Crippen LogP contribution in [0.15, 0.2) is 29.4 Å². The van der Waals surface area contributed by atoms with Gasteiger partial charge in [-0.15, -0.1) is 0 Å². The van der Waals surface area contributed by atoms with E-state index in [9.17, 15) is 18.5 Å². The molecule has 2 rings (SSSR count). The number of H-pyrrole nitrogens is 1. The Morgan fingerprint density at radius 3 is 2.60 bits per heavy atom. The molecule has 9 heteroatoms. The molecule has 20 heavy (non-hydrogen) atoms. The van der Waals surface area contributed by atoms with Crippen molar-refractivity contribution >= 4 is 21.4 Å². The maximum Gasteiger partial charge on any atom is 0.278 e. The number of sulfonamides is 1. The van der Waals surface area contributed by atoms with Crippen LogP contribution in [0.5, 0.6) is 0 Å². The Labute approximate surface area is 115 Å². The molecule has 0 spiro atoms. The molecule has 106 valence electrons. The van der Waals surface area contributed by atoms with Gasteiger partial charge in [-0.25, -0.2) is 4.98 Å². The lowest BCUT2D eigenvalue weighted by Gasteiger charge is -2.08. The SMILES string of the molecule is Cc1ncc(S(=O)(=O)Nc2cc([N+](=O)[O-])ccc2C)[nH]1. The highest BCUT2D eigenvalue weighted by atomic mass is 32.2. The minimum atomic E-state index is -3.85. The second kappa shape index (κ2) is 4.93. The number of non-ortho nitro benzene ring substituents is 1. The molecule has 0 aliphatic carbocycles. The normalized spacial score (nSPS) is 11.3. The summed E-state index contributed by atoms with van der Waals surface area (Å²) in [5, 5.41) is 10.6. The Bertz CT molecular complexity index is 766. The fourth-order valence-corrected chi connectivity index (χ4v) is 2.66. The quantitative estimate of drug-likeness (QED) is 0.658. The number of aromatic amines is 1. The van der Waals surface area contributed by atoms with E-state index < -0.39 is 14.9 Å². The Balaban J connectivity index is 2.39. The first-order valence-corrected chi connectivity index (χ1v) is 7.07. The van der Waals surface area contributed by atoms with Crippen LogP contribution < -0.4 is 4.72 Å². The topological polar surface area (TPSA) is 118 Å². The molecular formula is C11H12N4O4S. The van der Waals surface area contributed by atoms with Crippen LogP contribution in [-0.2, 0) is 10.0 Å². The van der Waals surface area contributed by atoms with Crippen molar-refractivity contribution in [3.05, 3.63) is 45.9 Å². The molecule has 0 atom stereocenters. The number of benzene rings is 1. The Morgan fingerprint density at radius 2 is 2.05 bits per heavy atom. The molecule has 0 bridgehead atoms. The second-order valence-electron chi connectivity index (χ2n) is 4.19. The summed E-state index contributed by atoms with van der Waals surface area (Å²) < 4.78 is 26.5. The van der Waals surface area contributed by atoms with E-state index in [2.05, 4.69) is 14.7 Å². The molecule has 2 N–H and O–H groups in total. The number of nitro groups is 1. The fraction of sp³-hybridized carbons (Fsp3) is 0.182. The summed E-state index contributed by atoms with van der Waals surface area (Å²) in [7, 11) is -3.85. The average Bonchev–Trinajstić information content (AvgIpc) is 2.79. The number of hydrogen-bond donors (Lipinski definition) is 2. The smallest absolute Gasteiger partial charge is 0.278 e. The van der Waals surface area contributed by atoms with Gasteiger partial charge in [-0.1, -0.05) is 6.07 Å². The molecule has 0 aliphatic rings. The van der Waals surface area contributed by atoms with E-state index in [-0.39, 0.29) is 16.4 Å². The predicted octanol–water partition coefficient (Wildman–Crippen LogP) is 1.74. The molecule has 0 saturated carbocycles. The second-order valence-corrected chi connectivity index (χ2v) is 5.85. The number of anilines is 1. The highest BCUT2D eigenvalue weighted by Crippen LogP contribution is 2.24. The Hall–Kier alpha value is -2.42. The van der Waals surface area contributed by atoms with Crippen LogP contribution in [0.4, 0.5) is 11.4 Å². The lowest BCUT2D eigenvalue weighted by Crippen LogP contribution is -2.14. The third-order valence-corrected chi connectivity index (χ3v) is 3.92. The van der Waals surface area contributed by atoms with E-state index in [4.69, 9.17) is 0 Å². The minimum absolute atomic E-state index is 0.0964. The first-order chi connectivity index (χ1) is 9.29. The maximum atomic E-state index is 12.1. The zero-order chi connectivity index (χ0) is 14.9. The van der Waals surface area contributed by atoms with E-state index in [0.717, 1.165) is 0 Å². The fourth-order valence-electron chi connectivity index (χ4n) is 1.57. The number of nitrogens with zero attached hydrogens (tertiary/aromatic N) is 2. The monoisotopic (exact) mass is 296 g/mol. The van der Waals surface area contributed by atoms with Gasteiger partial charge in [0.2, 0.25) is 0 Å². The number of aryl methyl sites for hydroxylation is 2. The lowest BCUT2D eigenvalue weighted by atomic mass is 10.2. The van der Waals surface area contributed by atoms with Crippen molar-refractivity contribution in [1.82, 2.24) is 9.97 Å². The Morgan fingerprint density at radius 1 is 1.35 bits per heavy atom. The molecule has 8 nitrogen and oxygen atoms in total. The zero-order valence-corrected chi connectivity index (χ0v) is 11.6. The van der Waals surface area contributed by atoms with E-state index in [0.29, 0.717) is 11.4 Å². The van der Waals surface area contributed by atoms with Crippen LogP contribution in [-0.4, -0.2) is 23.3 Å². The van der Waals surface area contributed by atoms with E-state index in [1.54, 1.807) is 13.8 Å². The number of imidazole rings is 1. The van der Waals surface area contributed by atoms with Crippen LogP contribution in [0.2, 0.25) is 0 Å². The summed E-state index contributed by atoms with van der Waals surface area (Å²) in [6, 6.07) is 3.97. The highest BCUT2D eigenvalue weighted by Gasteiger charge is 2.19. The van der Waals surface area contributed by atoms with Crippen LogP contribution in [0.3, 0.4) is 0 Å². The van der Waals surface area contributed by atoms with Crippen molar-refractivity contribution in [2.24, 2.45) is 0 Å². The average molecular weight is 296 g/mol. The molecule has 0 unspecified atom stereocenters. The molecule has 0 amide bonds. The predicted molar refractivity (Wildman–Crippen MR) is 72.0 cm³/mol. The molecular weight excluding hydrogens is 284 g/mol. The van der Waals surface area contributed by atoms with Gasteiger partial charge in [-0.3, -0.25) is 14.8 Å². The van der Waals surface area contributed by atoms with E-state index in [1.807, 2.05) is 0 Å². The molecule has 0 radical (unpaired) electrons. The molecule has 0 saturated heterocycles. The van der Waals surface area contributed by atoms with Gasteiger partial charge in [0.15, 0.2) is 5.03 Å². The van der Waals surface area contributed by atoms with Crippen LogP contribution in [0.1, 0.15) is 11.4 Å². The van der Waals surface area contributed by atoms with Crippen LogP contribution in [0, 0.1) is 24.0 Å². The van der Waals surface area contributed by atoms with Gasteiger partial charge in [0.05, 0.1) is 16.8 Å². The van der Waals surface area contributed by atoms with E-state index >= 15 is 0 Å². The number of aromatic nitrogens is 2. The largest absolute Gasteiger partial charge is 0.332 e. The Kier molecular flexibility index (Phi) is 3.45. The number of nitrogens with one attached hydrogen (secondary N) is 2. The van der Waals surface area contributed by atoms with Gasteiger partial charge < -0.3 is 4.98 Å². The summed E-state index contributed by atoms with van der Waals surface area (Å²) in [6.45, 7) is 3.28. The molecule has 0 fully saturated rings. The molecule has 0 aliphatic heterocycles. The van der Waals surface area contributed by atoms with Crippen molar-refractivity contribution < 1.29 is 13.3 Å². The van der Waals surface area contributed by atoms with Crippen molar-refractivity contribution in [3.63, 3.8) is 0 Å². The highest BCUT2D eigenvalue weighted by molar-refractivity contribution is 7.92. The van der Waals surface area contributed by atoms with Gasteiger partial charge in [0.25, 0.3) is 15.7 Å². The van der Waals surface area contributed by atoms with Crippen molar-refractivity contribution in [2.75, 3.05) is 4.72 Å². The third-order valence-electron chi connectivity index (χ3n) is 2.65. The van der Waals surface area contributed by atoms with Gasteiger partial charge >= 0.3 is 0 Å². The van der Waals surface area contributed by atoms with Crippen molar-refractivity contribution in [2.45, 2.75) is 18.9 Å². The maximum absolute atomic E-state index is 12.1. The van der Waals surface area contributed by atoms with Gasteiger partial charge in [0.1, 0.15) is 5.82 Å². The van der Waals surface area contributed by atoms with Crippen LogP contribution in [0.25, 0.3) is 0 Å². The first-order valence-electron chi connectivity index (χ1n) is 5.59. The summed E-state index contributed by atoms with van der Waals surface area (Å²) in [5.41, 5.74) is 0.552. The summed E-state index contributed by atoms with van der Waals surface area (Å²) in [6.07, 6.45) is 1.18. The molecule has 1 aromatic carbocycles. The van der Waals surface area contributed by atoms with E-state index in [1.165, 1.54) is 24.4 Å². The summed E-state index contributed by atoms with van der Waals surface area (Å²) >= 11 is 0. The summed E-state index contributed by atoms with van der Waals surface area (Å²) in [5.74, 6) is 0.459. The van der Waals surface area contributed by atoms with Crippen molar-refractivity contribution in [3.8, 4) is 0 Å².